The third-order valence-corrected chi connectivity index (χ3v) is 8.66. The number of hydrogen-bond acceptors (Lipinski definition) is 11. The van der Waals surface area contributed by atoms with E-state index in [2.05, 4.69) is 21.3 Å². The second-order valence-corrected chi connectivity index (χ2v) is 12.5. The van der Waals surface area contributed by atoms with Gasteiger partial charge in [-0.15, -0.1) is 0 Å². The lowest BCUT2D eigenvalue weighted by Crippen LogP contribution is -2.56. The average Bonchev–Trinajstić information content (AvgIpc) is 3.81. The Labute approximate surface area is 303 Å². The van der Waals surface area contributed by atoms with Crippen LogP contribution < -0.4 is 38.5 Å². The number of phenolic OH excluding ortho intramolecular Hbond substituents is 2. The van der Waals surface area contributed by atoms with Crippen molar-refractivity contribution in [3.63, 3.8) is 0 Å². The quantitative estimate of drug-likeness (QED) is 0.0521. The lowest BCUT2D eigenvalue weighted by molar-refractivity contribution is -0.140. The minimum absolute atomic E-state index is 0.122. The number of hydrogen-bond donors (Lipinski definition) is 9. The number of nitrogens with zero attached hydrogens (tertiary/aromatic N) is 2. The van der Waals surface area contributed by atoms with Crippen molar-refractivity contribution in [3.05, 3.63) is 29.8 Å². The zero-order valence-corrected chi connectivity index (χ0v) is 28.9. The number of carbonyl (C=O) groups excluding carboxylic acids is 9. The van der Waals surface area contributed by atoms with Crippen LogP contribution in [0.15, 0.2) is 24.3 Å². The molecular formula is C33H45N9O11. The Morgan fingerprint density at radius 3 is 1.75 bits per heavy atom. The minimum atomic E-state index is -1.33. The second kappa shape index (κ2) is 19.4. The molecule has 0 radical (unpaired) electrons. The molecule has 0 spiro atoms. The number of benzene rings is 1. The number of rotatable bonds is 18. The second-order valence-electron chi connectivity index (χ2n) is 12.5. The first kappa shape index (κ1) is 41.2. The third-order valence-electron chi connectivity index (χ3n) is 8.66. The molecule has 2 aliphatic heterocycles. The smallest absolute Gasteiger partial charge is 0.244 e. The maximum absolute atomic E-state index is 13.3. The molecule has 12 N–H and O–H groups in total. The Balaban J connectivity index is 1.56. The first-order valence-electron chi connectivity index (χ1n) is 16.9. The molecule has 4 atom stereocenters. The summed E-state index contributed by atoms with van der Waals surface area (Å²) in [5.74, 6) is -7.11. The van der Waals surface area contributed by atoms with E-state index in [1.165, 1.54) is 34.1 Å². The fourth-order valence-electron chi connectivity index (χ4n) is 5.87. The van der Waals surface area contributed by atoms with E-state index in [1.54, 1.807) is 0 Å². The van der Waals surface area contributed by atoms with Crippen LogP contribution >= 0.6 is 0 Å². The predicted molar refractivity (Wildman–Crippen MR) is 184 cm³/mol. The maximum atomic E-state index is 13.3. The minimum Gasteiger partial charge on any atom is -0.504 e. The van der Waals surface area contributed by atoms with Gasteiger partial charge in [-0.25, -0.2) is 0 Å². The predicted octanol–water partition coefficient (Wildman–Crippen LogP) is -3.69. The highest BCUT2D eigenvalue weighted by atomic mass is 16.3. The summed E-state index contributed by atoms with van der Waals surface area (Å²) in [4.78, 5) is 115. The Morgan fingerprint density at radius 2 is 1.25 bits per heavy atom. The van der Waals surface area contributed by atoms with Gasteiger partial charge in [0.2, 0.25) is 53.2 Å². The van der Waals surface area contributed by atoms with Gasteiger partial charge in [-0.05, 0) is 62.3 Å². The molecule has 0 bridgehead atoms. The van der Waals surface area contributed by atoms with E-state index in [0.29, 0.717) is 18.4 Å². The largest absolute Gasteiger partial charge is 0.504 e. The number of nitrogens with two attached hydrogens (primary N) is 3. The van der Waals surface area contributed by atoms with Crippen LogP contribution in [0.1, 0.15) is 56.9 Å². The Kier molecular flexibility index (Phi) is 15.1. The van der Waals surface area contributed by atoms with Crippen LogP contribution in [0.25, 0.3) is 6.08 Å². The van der Waals surface area contributed by atoms with Crippen LogP contribution in [-0.4, -0.2) is 124 Å². The van der Waals surface area contributed by atoms with E-state index in [1.807, 2.05) is 0 Å². The van der Waals surface area contributed by atoms with Gasteiger partial charge in [0.05, 0.1) is 13.1 Å². The highest BCUT2D eigenvalue weighted by molar-refractivity contribution is 5.97. The van der Waals surface area contributed by atoms with Crippen LogP contribution in [0.5, 0.6) is 11.5 Å². The fraction of sp³-hybridized carbons (Fsp3) is 0.485. The van der Waals surface area contributed by atoms with Crippen molar-refractivity contribution in [2.75, 3.05) is 26.2 Å². The van der Waals surface area contributed by atoms with E-state index in [-0.39, 0.29) is 63.1 Å². The van der Waals surface area contributed by atoms with E-state index in [4.69, 9.17) is 17.2 Å². The van der Waals surface area contributed by atoms with Crippen molar-refractivity contribution in [2.24, 2.45) is 17.2 Å². The number of likely N-dealkylation sites (tertiary alicyclic amines) is 2. The maximum Gasteiger partial charge on any atom is 0.244 e. The molecule has 1 aromatic rings. The Morgan fingerprint density at radius 1 is 0.736 bits per heavy atom. The Hall–Kier alpha value is -6.21. The number of aromatic hydroxyl groups is 2. The highest BCUT2D eigenvalue weighted by Crippen LogP contribution is 2.25. The van der Waals surface area contributed by atoms with Crippen LogP contribution in [-0.2, 0) is 43.2 Å². The van der Waals surface area contributed by atoms with E-state index >= 15 is 0 Å². The van der Waals surface area contributed by atoms with Gasteiger partial charge >= 0.3 is 0 Å². The number of primary amides is 3. The van der Waals surface area contributed by atoms with Crippen molar-refractivity contribution >= 4 is 59.2 Å². The van der Waals surface area contributed by atoms with Gasteiger partial charge < -0.3 is 58.5 Å². The summed E-state index contributed by atoms with van der Waals surface area (Å²) in [6.45, 7) is -0.670. The first-order chi connectivity index (χ1) is 25.1. The number of amides is 9. The van der Waals surface area contributed by atoms with Gasteiger partial charge in [-0.2, -0.15) is 0 Å². The van der Waals surface area contributed by atoms with Crippen molar-refractivity contribution in [1.82, 2.24) is 31.1 Å². The van der Waals surface area contributed by atoms with E-state index in [0.717, 1.165) is 6.08 Å². The summed E-state index contributed by atoms with van der Waals surface area (Å²) in [7, 11) is 0. The summed E-state index contributed by atoms with van der Waals surface area (Å²) in [5.41, 5.74) is 16.1. The Bertz CT molecular complexity index is 1630. The van der Waals surface area contributed by atoms with Crippen molar-refractivity contribution in [2.45, 2.75) is 75.5 Å². The van der Waals surface area contributed by atoms with Gasteiger partial charge in [0, 0.05) is 32.0 Å². The molecule has 288 valence electrons. The molecule has 20 heteroatoms. The fourth-order valence-corrected chi connectivity index (χ4v) is 5.87. The average molecular weight is 744 g/mol. The number of nitrogens with one attached hydrogen (secondary N) is 4. The lowest BCUT2D eigenvalue weighted by atomic mass is 10.1. The third kappa shape index (κ3) is 12.5. The van der Waals surface area contributed by atoms with Crippen LogP contribution in [0, 0.1) is 0 Å². The van der Waals surface area contributed by atoms with Crippen molar-refractivity contribution in [3.8, 4) is 11.5 Å². The van der Waals surface area contributed by atoms with Crippen molar-refractivity contribution in [1.29, 1.82) is 0 Å². The summed E-state index contributed by atoms with van der Waals surface area (Å²) >= 11 is 0. The molecule has 2 heterocycles. The summed E-state index contributed by atoms with van der Waals surface area (Å²) in [5, 5.41) is 28.8. The molecule has 2 saturated heterocycles. The van der Waals surface area contributed by atoms with Gasteiger partial charge in [0.25, 0.3) is 0 Å². The van der Waals surface area contributed by atoms with E-state index < -0.39 is 90.4 Å². The molecular weight excluding hydrogens is 698 g/mol. The zero-order chi connectivity index (χ0) is 39.2. The normalized spacial score (nSPS) is 17.8. The molecule has 20 nitrogen and oxygen atoms in total. The van der Waals surface area contributed by atoms with Gasteiger partial charge in [-0.3, -0.25) is 43.2 Å². The molecule has 0 aliphatic carbocycles. The first-order valence-corrected chi connectivity index (χ1v) is 16.9. The lowest BCUT2D eigenvalue weighted by Gasteiger charge is -2.27. The van der Waals surface area contributed by atoms with Gasteiger partial charge in [0.1, 0.15) is 24.2 Å². The standard InChI is InChI=1S/C33H45N9O11/c34-25(45)10-7-19(30(36)50)39-32(52)21-3-1-14-42(21)29(49)17-38-31(51)20(8-11-26(35)46)40-33(53)22-4-2-13-41(22)28(48)16-37-27(47)12-6-18-5-9-23(43)24(44)15-18/h5-6,9,12,15,19-22,43-44H,1-4,7-8,10-11,13-14,16-17H2,(H2,34,45)(H2,35,46)(H2,36,50)(H,37,47)(H,38,51)(H,39,52)(H,40,53)/b12-6+. The molecule has 2 fully saturated rings. The molecule has 9 amide bonds. The van der Waals surface area contributed by atoms with E-state index in [9.17, 15) is 53.4 Å². The molecule has 0 saturated carbocycles. The molecule has 3 rings (SSSR count). The van der Waals surface area contributed by atoms with Crippen LogP contribution in [0.3, 0.4) is 0 Å². The molecule has 2 aliphatic rings. The number of carbonyl (C=O) groups is 9. The molecule has 53 heavy (non-hydrogen) atoms. The van der Waals surface area contributed by atoms with Crippen LogP contribution in [0.2, 0.25) is 0 Å². The monoisotopic (exact) mass is 743 g/mol. The summed E-state index contributed by atoms with van der Waals surface area (Å²) in [6.07, 6.45) is 3.02. The molecule has 1 aromatic carbocycles. The summed E-state index contributed by atoms with van der Waals surface area (Å²) < 4.78 is 0. The number of phenols is 2. The van der Waals surface area contributed by atoms with Crippen LogP contribution in [0.4, 0.5) is 0 Å². The molecule has 0 aromatic heterocycles. The molecule has 4 unspecified atom stereocenters. The zero-order valence-electron chi connectivity index (χ0n) is 28.9. The van der Waals surface area contributed by atoms with Gasteiger partial charge in [-0.1, -0.05) is 6.07 Å². The topological polar surface area (TPSA) is 327 Å². The SMILES string of the molecule is NC(=O)CCC(NC(=O)C1CCCN1C(=O)CNC(=O)C(CCC(N)=O)NC(=O)C1CCCN1C(=O)CNC(=O)/C=C/c1ccc(O)c(O)c1)C(N)=O. The van der Waals surface area contributed by atoms with Gasteiger partial charge in [0.15, 0.2) is 11.5 Å². The summed E-state index contributed by atoms with van der Waals surface area (Å²) in [6, 6.07) is -0.577. The van der Waals surface area contributed by atoms with Crippen molar-refractivity contribution < 1.29 is 53.4 Å². The highest BCUT2D eigenvalue weighted by Gasteiger charge is 2.38.